The van der Waals surface area contributed by atoms with Crippen LogP contribution in [0.1, 0.15) is 5.56 Å². The molecule has 1 nitrogen and oxygen atoms in total. The molecule has 3 rings (SSSR count). The third-order valence-corrected chi connectivity index (χ3v) is 3.55. The smallest absolute Gasteiger partial charge is 0.154 e. The molecule has 0 amide bonds. The average Bonchev–Trinajstić information content (AvgIpc) is 2.57. The summed E-state index contributed by atoms with van der Waals surface area (Å²) < 4.78 is 43.8. The van der Waals surface area contributed by atoms with Crippen molar-refractivity contribution in [3.63, 3.8) is 0 Å². The zero-order valence-corrected chi connectivity index (χ0v) is 11.9. The summed E-state index contributed by atoms with van der Waals surface area (Å²) in [5.41, 5.74) is -1.10. The predicted molar refractivity (Wildman–Crippen MR) is 81.9 cm³/mol. The van der Waals surface area contributed by atoms with Gasteiger partial charge in [0.15, 0.2) is 11.6 Å². The number of benzene rings is 3. The zero-order valence-electron chi connectivity index (χ0n) is 11.9. The summed E-state index contributed by atoms with van der Waals surface area (Å²) in [5.74, 6) is -3.39. The molecule has 23 heavy (non-hydrogen) atoms. The highest BCUT2D eigenvalue weighted by Gasteiger charge is 2.26. The van der Waals surface area contributed by atoms with Gasteiger partial charge in [-0.1, -0.05) is 60.7 Å². The van der Waals surface area contributed by atoms with E-state index in [1.54, 1.807) is 36.4 Å². The molecular formula is C19H10F3N. The minimum Gasteiger partial charge on any atom is -0.205 e. The maximum Gasteiger partial charge on any atom is 0.154 e. The van der Waals surface area contributed by atoms with E-state index in [1.807, 2.05) is 0 Å². The molecule has 3 aromatic rings. The maximum absolute atomic E-state index is 14.9. The van der Waals surface area contributed by atoms with Crippen LogP contribution >= 0.6 is 0 Å². The Hall–Kier alpha value is -3.06. The van der Waals surface area contributed by atoms with Crippen molar-refractivity contribution in [1.82, 2.24) is 0 Å². The molecule has 0 aliphatic heterocycles. The predicted octanol–water partition coefficient (Wildman–Crippen LogP) is 5.31. The Bertz CT molecular complexity index is 831. The summed E-state index contributed by atoms with van der Waals surface area (Å²) in [7, 11) is 0. The summed E-state index contributed by atoms with van der Waals surface area (Å²) in [4.78, 5) is 0. The first kappa shape index (κ1) is 14.9. The Kier molecular flexibility index (Phi) is 3.86. The fourth-order valence-electron chi connectivity index (χ4n) is 2.48. The van der Waals surface area contributed by atoms with Crippen LogP contribution in [-0.4, -0.2) is 0 Å². The largest absolute Gasteiger partial charge is 0.205 e. The Labute approximate surface area is 131 Å². The Morgan fingerprint density at radius 1 is 0.609 bits per heavy atom. The first-order chi connectivity index (χ1) is 11.1. The van der Waals surface area contributed by atoms with E-state index < -0.39 is 34.1 Å². The summed E-state index contributed by atoms with van der Waals surface area (Å²) in [6, 6.07) is 17.4. The Morgan fingerprint density at radius 3 is 1.35 bits per heavy atom. The second-order valence-electron chi connectivity index (χ2n) is 4.91. The number of halogens is 3. The fourth-order valence-corrected chi connectivity index (χ4v) is 2.48. The zero-order chi connectivity index (χ0) is 16.4. The van der Waals surface area contributed by atoms with Crippen molar-refractivity contribution in [3.8, 4) is 28.3 Å². The van der Waals surface area contributed by atoms with E-state index in [1.165, 1.54) is 30.3 Å². The summed E-state index contributed by atoms with van der Waals surface area (Å²) in [5, 5.41) is 9.08. The van der Waals surface area contributed by atoms with E-state index in [0.29, 0.717) is 0 Å². The van der Waals surface area contributed by atoms with Gasteiger partial charge < -0.3 is 0 Å². The highest BCUT2D eigenvalue weighted by Crippen LogP contribution is 2.37. The lowest BCUT2D eigenvalue weighted by atomic mass is 9.94. The van der Waals surface area contributed by atoms with Gasteiger partial charge in [0, 0.05) is 0 Å². The molecule has 0 aromatic heterocycles. The van der Waals surface area contributed by atoms with Gasteiger partial charge in [0.25, 0.3) is 0 Å². The third-order valence-electron chi connectivity index (χ3n) is 3.55. The van der Waals surface area contributed by atoms with Crippen LogP contribution in [0.3, 0.4) is 0 Å². The lowest BCUT2D eigenvalue weighted by Gasteiger charge is -2.13. The van der Waals surface area contributed by atoms with Gasteiger partial charge in [0.2, 0.25) is 0 Å². The second kappa shape index (κ2) is 5.98. The molecule has 112 valence electrons. The molecule has 0 heterocycles. The lowest BCUT2D eigenvalue weighted by molar-refractivity contribution is 0.548. The molecule has 0 N–H and O–H groups in total. The molecule has 0 bridgehead atoms. The molecule has 0 saturated carbocycles. The van der Waals surface area contributed by atoms with Crippen LogP contribution in [0.15, 0.2) is 60.7 Å². The maximum atomic E-state index is 14.9. The first-order valence-electron chi connectivity index (χ1n) is 6.86. The molecule has 0 aliphatic rings. The van der Waals surface area contributed by atoms with Crippen LogP contribution in [0.4, 0.5) is 13.2 Å². The van der Waals surface area contributed by atoms with E-state index in [4.69, 9.17) is 5.26 Å². The van der Waals surface area contributed by atoms with Crippen LogP contribution < -0.4 is 0 Å². The van der Waals surface area contributed by atoms with Crippen molar-refractivity contribution < 1.29 is 13.2 Å². The molecule has 0 atom stereocenters. The minimum atomic E-state index is -1.19. The van der Waals surface area contributed by atoms with Crippen molar-refractivity contribution in [2.24, 2.45) is 0 Å². The molecule has 0 radical (unpaired) electrons. The summed E-state index contributed by atoms with van der Waals surface area (Å²) in [6.07, 6.45) is 0. The molecule has 0 fully saturated rings. The third kappa shape index (κ3) is 2.47. The summed E-state index contributed by atoms with van der Waals surface area (Å²) in [6.45, 7) is 0. The standard InChI is InChI=1S/C19H10F3N/c20-17-14(11-23)18(21)16(13-9-5-2-6-10-13)19(22)15(17)12-7-3-1-4-8-12/h1-10H. The van der Waals surface area contributed by atoms with Crippen molar-refractivity contribution in [2.45, 2.75) is 0 Å². The monoisotopic (exact) mass is 309 g/mol. The quantitative estimate of drug-likeness (QED) is 0.629. The van der Waals surface area contributed by atoms with Gasteiger partial charge in [0.1, 0.15) is 17.4 Å². The van der Waals surface area contributed by atoms with Crippen LogP contribution in [-0.2, 0) is 0 Å². The molecule has 3 aromatic carbocycles. The van der Waals surface area contributed by atoms with E-state index in [2.05, 4.69) is 0 Å². The lowest BCUT2D eigenvalue weighted by Crippen LogP contribution is -2.03. The SMILES string of the molecule is N#Cc1c(F)c(-c2ccccc2)c(F)c(-c2ccccc2)c1F. The topological polar surface area (TPSA) is 23.8 Å². The summed E-state index contributed by atoms with van der Waals surface area (Å²) >= 11 is 0. The van der Waals surface area contributed by atoms with E-state index >= 15 is 0 Å². The molecule has 0 spiro atoms. The number of nitrogens with zero attached hydrogens (tertiary/aromatic N) is 1. The van der Waals surface area contributed by atoms with Crippen molar-refractivity contribution in [2.75, 3.05) is 0 Å². The van der Waals surface area contributed by atoms with Gasteiger partial charge in [0.05, 0.1) is 11.1 Å². The highest BCUT2D eigenvalue weighted by molar-refractivity contribution is 5.77. The first-order valence-corrected chi connectivity index (χ1v) is 6.86. The normalized spacial score (nSPS) is 10.3. The molecule has 0 unspecified atom stereocenters. The van der Waals surface area contributed by atoms with Gasteiger partial charge in [-0.3, -0.25) is 0 Å². The van der Waals surface area contributed by atoms with Gasteiger partial charge in [-0.2, -0.15) is 5.26 Å². The van der Waals surface area contributed by atoms with Gasteiger partial charge in [-0.05, 0) is 11.1 Å². The van der Waals surface area contributed by atoms with E-state index in [-0.39, 0.29) is 11.1 Å². The molecule has 0 aliphatic carbocycles. The molecule has 4 heteroatoms. The Morgan fingerprint density at radius 2 is 1.00 bits per heavy atom. The van der Waals surface area contributed by atoms with Crippen LogP contribution in [0, 0.1) is 28.8 Å². The van der Waals surface area contributed by atoms with Crippen molar-refractivity contribution in [3.05, 3.63) is 83.7 Å². The molecule has 0 saturated heterocycles. The Balaban J connectivity index is 2.41. The number of hydrogen-bond donors (Lipinski definition) is 0. The number of rotatable bonds is 2. The minimum absolute atomic E-state index is 0.246. The van der Waals surface area contributed by atoms with Gasteiger partial charge >= 0.3 is 0 Å². The van der Waals surface area contributed by atoms with Crippen molar-refractivity contribution >= 4 is 0 Å². The van der Waals surface area contributed by atoms with Crippen LogP contribution in [0.25, 0.3) is 22.3 Å². The van der Waals surface area contributed by atoms with Gasteiger partial charge in [-0.15, -0.1) is 0 Å². The van der Waals surface area contributed by atoms with E-state index in [0.717, 1.165) is 0 Å². The molecular weight excluding hydrogens is 299 g/mol. The van der Waals surface area contributed by atoms with E-state index in [9.17, 15) is 13.2 Å². The second-order valence-corrected chi connectivity index (χ2v) is 4.91. The van der Waals surface area contributed by atoms with Crippen molar-refractivity contribution in [1.29, 1.82) is 5.26 Å². The van der Waals surface area contributed by atoms with Crippen LogP contribution in [0.2, 0.25) is 0 Å². The average molecular weight is 309 g/mol. The fraction of sp³-hybridized carbons (Fsp3) is 0. The van der Waals surface area contributed by atoms with Gasteiger partial charge in [-0.25, -0.2) is 13.2 Å². The number of nitriles is 1. The van der Waals surface area contributed by atoms with Crippen LogP contribution in [0.5, 0.6) is 0 Å². The highest BCUT2D eigenvalue weighted by atomic mass is 19.1. The number of hydrogen-bond acceptors (Lipinski definition) is 1.